The fraction of sp³-hybridized carbons (Fsp3) is 0.0204. The van der Waals surface area contributed by atoms with Crippen LogP contribution >= 0.6 is 11.3 Å². The van der Waals surface area contributed by atoms with Crippen LogP contribution in [0.5, 0.6) is 0 Å². The van der Waals surface area contributed by atoms with Gasteiger partial charge in [-0.2, -0.15) is 0 Å². The van der Waals surface area contributed by atoms with Crippen molar-refractivity contribution in [2.24, 2.45) is 0 Å². The number of benzene rings is 8. The molecule has 238 valence electrons. The Hall–Kier alpha value is -6.22. The van der Waals surface area contributed by atoms with Gasteiger partial charge in [-0.3, -0.25) is 0 Å². The van der Waals surface area contributed by atoms with Crippen molar-refractivity contribution in [2.45, 2.75) is 5.41 Å². The molecule has 0 amide bonds. The molecule has 10 aromatic rings. The third kappa shape index (κ3) is 3.91. The summed E-state index contributed by atoms with van der Waals surface area (Å²) in [5, 5.41) is 5.28. The second kappa shape index (κ2) is 10.9. The molecule has 1 atom stereocenters. The average Bonchev–Trinajstić information content (AvgIpc) is 3.85. The lowest BCUT2D eigenvalue weighted by Crippen LogP contribution is -2.28. The number of rotatable bonds is 4. The maximum absolute atomic E-state index is 2.45. The van der Waals surface area contributed by atoms with E-state index in [0.717, 1.165) is 0 Å². The van der Waals surface area contributed by atoms with Gasteiger partial charge in [0.1, 0.15) is 0 Å². The molecule has 2 aromatic heterocycles. The normalized spacial score (nSPS) is 15.1. The Kier molecular flexibility index (Phi) is 6.11. The molecular formula is C49H31NS. The van der Waals surface area contributed by atoms with E-state index >= 15 is 0 Å². The number of hydrogen-bond acceptors (Lipinski definition) is 1. The second-order valence-electron chi connectivity index (χ2n) is 13.6. The predicted octanol–water partition coefficient (Wildman–Crippen LogP) is 13.2. The fourth-order valence-corrected chi connectivity index (χ4v) is 10.2. The maximum atomic E-state index is 2.45. The van der Waals surface area contributed by atoms with E-state index in [1.54, 1.807) is 0 Å². The Labute approximate surface area is 300 Å². The van der Waals surface area contributed by atoms with Gasteiger partial charge in [-0.1, -0.05) is 152 Å². The Bertz CT molecular complexity index is 2940. The van der Waals surface area contributed by atoms with E-state index in [2.05, 4.69) is 193 Å². The summed E-state index contributed by atoms with van der Waals surface area (Å²) >= 11 is 1.90. The summed E-state index contributed by atoms with van der Waals surface area (Å²) in [5.41, 5.74) is 13.5. The van der Waals surface area contributed by atoms with Crippen LogP contribution in [0.25, 0.3) is 69.9 Å². The van der Waals surface area contributed by atoms with Crippen molar-refractivity contribution in [3.63, 3.8) is 0 Å². The van der Waals surface area contributed by atoms with Gasteiger partial charge in [0.2, 0.25) is 0 Å². The summed E-state index contributed by atoms with van der Waals surface area (Å²) in [5.74, 6) is 0. The lowest BCUT2D eigenvalue weighted by molar-refractivity contribution is 0.770. The molecule has 51 heavy (non-hydrogen) atoms. The molecule has 0 fully saturated rings. The Balaban J connectivity index is 1.34. The summed E-state index contributed by atoms with van der Waals surface area (Å²) in [7, 11) is 0. The minimum absolute atomic E-state index is 0.525. The molecule has 0 saturated carbocycles. The highest BCUT2D eigenvalue weighted by molar-refractivity contribution is 7.26. The standard InChI is InChI=1S/C49H31NS/c1-4-14-32(15-5-1)33-24-26-35(27-25-33)49(34-16-6-2-7-17-34)39-28-30-42-45(37-20-10-12-22-41(37)50(42)36-18-8-3-9-19-36)47(39)48-40(49)29-31-44-46(48)38-21-11-13-23-43(38)51-44/h1-31H. The monoisotopic (exact) mass is 665 g/mol. The second-order valence-corrected chi connectivity index (χ2v) is 14.7. The number of aromatic nitrogens is 1. The Morgan fingerprint density at radius 3 is 1.71 bits per heavy atom. The highest BCUT2D eigenvalue weighted by atomic mass is 32.1. The molecule has 1 nitrogen and oxygen atoms in total. The molecule has 0 bridgehead atoms. The smallest absolute Gasteiger partial charge is 0.0714 e. The lowest BCUT2D eigenvalue weighted by atomic mass is 9.67. The first-order valence-electron chi connectivity index (χ1n) is 17.6. The van der Waals surface area contributed by atoms with Gasteiger partial charge in [0.25, 0.3) is 0 Å². The minimum Gasteiger partial charge on any atom is -0.309 e. The van der Waals surface area contributed by atoms with E-state index < -0.39 is 5.41 Å². The van der Waals surface area contributed by atoms with Gasteiger partial charge < -0.3 is 4.57 Å². The van der Waals surface area contributed by atoms with E-state index in [9.17, 15) is 0 Å². The van der Waals surface area contributed by atoms with E-state index in [-0.39, 0.29) is 0 Å². The van der Waals surface area contributed by atoms with Gasteiger partial charge in [0.15, 0.2) is 0 Å². The molecular weight excluding hydrogens is 635 g/mol. The molecule has 0 saturated heterocycles. The third-order valence-electron chi connectivity index (χ3n) is 11.1. The van der Waals surface area contributed by atoms with Crippen molar-refractivity contribution in [3.8, 4) is 27.9 Å². The summed E-state index contributed by atoms with van der Waals surface area (Å²) in [6.07, 6.45) is 0. The molecule has 1 aliphatic rings. The van der Waals surface area contributed by atoms with Crippen LogP contribution in [-0.4, -0.2) is 4.57 Å². The van der Waals surface area contributed by atoms with Gasteiger partial charge in [0.05, 0.1) is 16.4 Å². The molecule has 0 spiro atoms. The van der Waals surface area contributed by atoms with Crippen LogP contribution in [0.2, 0.25) is 0 Å². The Morgan fingerprint density at radius 2 is 0.941 bits per heavy atom. The highest BCUT2D eigenvalue weighted by Gasteiger charge is 2.48. The van der Waals surface area contributed by atoms with Crippen LogP contribution in [0.3, 0.4) is 0 Å². The Morgan fingerprint density at radius 1 is 0.373 bits per heavy atom. The fourth-order valence-electron chi connectivity index (χ4n) is 9.04. The number of thiophene rings is 1. The SMILES string of the molecule is c1ccc(-c2ccc(C3(c4ccccc4)c4ccc5sc6ccccc6c5c4-c4c3ccc3c4c4ccccc4n3-c3ccccc3)cc2)cc1. The van der Waals surface area contributed by atoms with E-state index in [0.29, 0.717) is 0 Å². The van der Waals surface area contributed by atoms with Gasteiger partial charge in [-0.25, -0.2) is 0 Å². The predicted molar refractivity (Wildman–Crippen MR) is 216 cm³/mol. The van der Waals surface area contributed by atoms with Crippen LogP contribution < -0.4 is 0 Å². The van der Waals surface area contributed by atoms with E-state index in [1.165, 1.54) is 92.2 Å². The number of nitrogens with zero attached hydrogens (tertiary/aromatic N) is 1. The lowest BCUT2D eigenvalue weighted by Gasteiger charge is -2.34. The van der Waals surface area contributed by atoms with Crippen molar-refractivity contribution >= 4 is 53.3 Å². The summed E-state index contributed by atoms with van der Waals surface area (Å²) < 4.78 is 5.10. The van der Waals surface area contributed by atoms with Crippen LogP contribution in [0.4, 0.5) is 0 Å². The first kappa shape index (κ1) is 28.6. The van der Waals surface area contributed by atoms with Crippen LogP contribution in [0.1, 0.15) is 22.3 Å². The van der Waals surface area contributed by atoms with Crippen LogP contribution in [-0.2, 0) is 5.41 Å². The van der Waals surface area contributed by atoms with E-state index in [4.69, 9.17) is 0 Å². The highest BCUT2D eigenvalue weighted by Crippen LogP contribution is 2.61. The first-order chi connectivity index (χ1) is 25.3. The van der Waals surface area contributed by atoms with Crippen molar-refractivity contribution in [1.29, 1.82) is 0 Å². The zero-order chi connectivity index (χ0) is 33.5. The quantitative estimate of drug-likeness (QED) is 0.176. The minimum atomic E-state index is -0.525. The maximum Gasteiger partial charge on any atom is 0.0714 e. The molecule has 2 heteroatoms. The molecule has 2 heterocycles. The third-order valence-corrected chi connectivity index (χ3v) is 12.2. The average molecular weight is 666 g/mol. The zero-order valence-electron chi connectivity index (χ0n) is 27.8. The molecule has 1 unspecified atom stereocenters. The zero-order valence-corrected chi connectivity index (χ0v) is 28.6. The molecule has 0 N–H and O–H groups in total. The van der Waals surface area contributed by atoms with Gasteiger partial charge >= 0.3 is 0 Å². The van der Waals surface area contributed by atoms with Crippen molar-refractivity contribution in [3.05, 3.63) is 210 Å². The van der Waals surface area contributed by atoms with Crippen LogP contribution in [0.15, 0.2) is 188 Å². The molecule has 0 radical (unpaired) electrons. The molecule has 11 rings (SSSR count). The summed E-state index contributed by atoms with van der Waals surface area (Å²) in [6, 6.07) is 69.6. The van der Waals surface area contributed by atoms with E-state index in [1.807, 2.05) is 11.3 Å². The molecule has 8 aromatic carbocycles. The number of hydrogen-bond donors (Lipinski definition) is 0. The molecule has 0 aliphatic heterocycles. The largest absolute Gasteiger partial charge is 0.309 e. The van der Waals surface area contributed by atoms with Crippen molar-refractivity contribution in [1.82, 2.24) is 4.57 Å². The summed E-state index contributed by atoms with van der Waals surface area (Å²) in [4.78, 5) is 0. The topological polar surface area (TPSA) is 4.93 Å². The number of fused-ring (bicyclic) bond motifs is 11. The molecule has 1 aliphatic carbocycles. The first-order valence-corrected chi connectivity index (χ1v) is 18.4. The van der Waals surface area contributed by atoms with Crippen molar-refractivity contribution < 1.29 is 0 Å². The number of para-hydroxylation sites is 2. The van der Waals surface area contributed by atoms with Gasteiger partial charge in [-0.05, 0) is 80.9 Å². The van der Waals surface area contributed by atoms with Crippen LogP contribution in [0, 0.1) is 0 Å². The summed E-state index contributed by atoms with van der Waals surface area (Å²) in [6.45, 7) is 0. The van der Waals surface area contributed by atoms with Gasteiger partial charge in [-0.15, -0.1) is 11.3 Å². The van der Waals surface area contributed by atoms with Crippen molar-refractivity contribution in [2.75, 3.05) is 0 Å². The van der Waals surface area contributed by atoms with Gasteiger partial charge in [0, 0.05) is 36.6 Å².